The van der Waals surface area contributed by atoms with E-state index in [-0.39, 0.29) is 17.8 Å². The van der Waals surface area contributed by atoms with Crippen LogP contribution in [0.4, 0.5) is 0 Å². The van der Waals surface area contributed by atoms with Crippen LogP contribution in [-0.2, 0) is 11.2 Å². The number of hydrogen-bond donors (Lipinski definition) is 1. The predicted molar refractivity (Wildman–Crippen MR) is 104 cm³/mol. The van der Waals surface area contributed by atoms with Crippen molar-refractivity contribution in [3.8, 4) is 11.5 Å². The Morgan fingerprint density at radius 2 is 1.86 bits per heavy atom. The summed E-state index contributed by atoms with van der Waals surface area (Å²) in [5.74, 6) is 2.01. The minimum Gasteiger partial charge on any atom is -0.486 e. The molecule has 1 aliphatic rings. The molecule has 28 heavy (non-hydrogen) atoms. The smallest absolute Gasteiger partial charge is 0.277 e. The van der Waals surface area contributed by atoms with E-state index in [0.717, 1.165) is 11.3 Å². The van der Waals surface area contributed by atoms with Gasteiger partial charge in [-0.15, -0.1) is 10.2 Å². The maximum absolute atomic E-state index is 12.1. The van der Waals surface area contributed by atoms with Gasteiger partial charge in [-0.3, -0.25) is 4.79 Å². The number of aromatic nitrogens is 2. The monoisotopic (exact) mass is 397 g/mol. The minimum absolute atomic E-state index is 0.129. The highest BCUT2D eigenvalue weighted by molar-refractivity contribution is 7.99. The van der Waals surface area contributed by atoms with E-state index in [0.29, 0.717) is 36.4 Å². The molecule has 0 saturated carbocycles. The molecule has 2 aromatic carbocycles. The normalized spacial score (nSPS) is 15.2. The lowest BCUT2D eigenvalue weighted by molar-refractivity contribution is -0.119. The summed E-state index contributed by atoms with van der Waals surface area (Å²) >= 11 is 1.21. The quantitative estimate of drug-likeness (QED) is 0.614. The van der Waals surface area contributed by atoms with Gasteiger partial charge < -0.3 is 19.2 Å². The number of rotatable bonds is 7. The Morgan fingerprint density at radius 3 is 2.71 bits per heavy atom. The van der Waals surface area contributed by atoms with E-state index in [1.165, 1.54) is 11.8 Å². The van der Waals surface area contributed by atoms with Crippen molar-refractivity contribution in [2.24, 2.45) is 0 Å². The molecule has 144 valence electrons. The SMILES string of the molecule is O=C(CSc1nnc(Cc2ccccc2)o1)NC[C@H]1COc2ccccc2O1. The van der Waals surface area contributed by atoms with E-state index >= 15 is 0 Å². The van der Waals surface area contributed by atoms with Gasteiger partial charge in [0.1, 0.15) is 12.7 Å². The van der Waals surface area contributed by atoms with Gasteiger partial charge in [-0.2, -0.15) is 0 Å². The molecule has 1 aromatic heterocycles. The highest BCUT2D eigenvalue weighted by Crippen LogP contribution is 2.30. The molecule has 0 saturated heterocycles. The van der Waals surface area contributed by atoms with Gasteiger partial charge in [0.15, 0.2) is 11.5 Å². The largest absolute Gasteiger partial charge is 0.486 e. The number of nitrogens with zero attached hydrogens (tertiary/aromatic N) is 2. The zero-order valence-corrected chi connectivity index (χ0v) is 15.9. The third-order valence-electron chi connectivity index (χ3n) is 4.07. The number of fused-ring (bicyclic) bond motifs is 1. The molecule has 7 nitrogen and oxygen atoms in total. The van der Waals surface area contributed by atoms with Crippen molar-refractivity contribution in [1.29, 1.82) is 0 Å². The van der Waals surface area contributed by atoms with Crippen LogP contribution < -0.4 is 14.8 Å². The lowest BCUT2D eigenvalue weighted by atomic mass is 10.2. The molecule has 0 bridgehead atoms. The van der Waals surface area contributed by atoms with Gasteiger partial charge in [-0.05, 0) is 17.7 Å². The van der Waals surface area contributed by atoms with Gasteiger partial charge in [0.05, 0.1) is 18.7 Å². The fourth-order valence-electron chi connectivity index (χ4n) is 2.71. The van der Waals surface area contributed by atoms with Crippen molar-refractivity contribution >= 4 is 17.7 Å². The van der Waals surface area contributed by atoms with Crippen molar-refractivity contribution in [2.75, 3.05) is 18.9 Å². The van der Waals surface area contributed by atoms with Crippen LogP contribution >= 0.6 is 11.8 Å². The Hall–Kier alpha value is -3.00. The molecule has 1 N–H and O–H groups in total. The molecule has 1 atom stereocenters. The Labute approximate surface area is 166 Å². The van der Waals surface area contributed by atoms with E-state index in [1.54, 1.807) is 0 Å². The summed E-state index contributed by atoms with van der Waals surface area (Å²) in [5.41, 5.74) is 1.09. The van der Waals surface area contributed by atoms with Crippen LogP contribution in [0.15, 0.2) is 64.2 Å². The van der Waals surface area contributed by atoms with Crippen molar-refractivity contribution in [2.45, 2.75) is 17.7 Å². The van der Waals surface area contributed by atoms with Crippen LogP contribution in [0.1, 0.15) is 11.5 Å². The number of para-hydroxylation sites is 2. The van der Waals surface area contributed by atoms with Crippen molar-refractivity contribution < 1.29 is 18.7 Å². The zero-order chi connectivity index (χ0) is 19.2. The minimum atomic E-state index is -0.218. The van der Waals surface area contributed by atoms with Crippen molar-refractivity contribution in [3.63, 3.8) is 0 Å². The predicted octanol–water partition coefficient (Wildman–Crippen LogP) is 2.71. The van der Waals surface area contributed by atoms with Crippen LogP contribution in [0, 0.1) is 0 Å². The van der Waals surface area contributed by atoms with Crippen molar-refractivity contribution in [3.05, 3.63) is 66.1 Å². The summed E-state index contributed by atoms with van der Waals surface area (Å²) in [5, 5.41) is 11.2. The molecule has 0 aliphatic carbocycles. The maximum Gasteiger partial charge on any atom is 0.277 e. The summed E-state index contributed by atoms with van der Waals surface area (Å²) in [6.07, 6.45) is 0.353. The molecule has 4 rings (SSSR count). The number of carbonyl (C=O) groups is 1. The maximum atomic E-state index is 12.1. The second-order valence-corrected chi connectivity index (χ2v) is 7.14. The van der Waals surface area contributed by atoms with Gasteiger partial charge in [0, 0.05) is 0 Å². The van der Waals surface area contributed by atoms with E-state index in [9.17, 15) is 4.79 Å². The standard InChI is InChI=1S/C20H19N3O4S/c24-18(21-11-15-12-25-16-8-4-5-9-17(16)26-15)13-28-20-23-22-19(27-20)10-14-6-2-1-3-7-14/h1-9,15H,10-13H2,(H,21,24)/t15-/m0/s1. The lowest BCUT2D eigenvalue weighted by Crippen LogP contribution is -2.41. The number of benzene rings is 2. The molecule has 0 radical (unpaired) electrons. The van der Waals surface area contributed by atoms with Crippen LogP contribution in [0.3, 0.4) is 0 Å². The molecule has 1 aliphatic heterocycles. The third kappa shape index (κ3) is 4.83. The van der Waals surface area contributed by atoms with E-state index in [4.69, 9.17) is 13.9 Å². The molecule has 0 unspecified atom stereocenters. The van der Waals surface area contributed by atoms with Crippen LogP contribution in [0.5, 0.6) is 11.5 Å². The lowest BCUT2D eigenvalue weighted by Gasteiger charge is -2.26. The van der Waals surface area contributed by atoms with Gasteiger partial charge in [0.25, 0.3) is 5.22 Å². The summed E-state index contributed by atoms with van der Waals surface area (Å²) in [4.78, 5) is 12.1. The number of hydrogen-bond acceptors (Lipinski definition) is 7. The zero-order valence-electron chi connectivity index (χ0n) is 15.0. The fourth-order valence-corrected chi connectivity index (χ4v) is 3.32. The number of thioether (sulfide) groups is 1. The molecule has 0 spiro atoms. The van der Waals surface area contributed by atoms with Crippen LogP contribution in [-0.4, -0.2) is 41.1 Å². The summed E-state index contributed by atoms with van der Waals surface area (Å²) in [6, 6.07) is 17.4. The molecule has 1 amide bonds. The molecule has 3 aromatic rings. The summed E-state index contributed by atoms with van der Waals surface area (Å²) in [6.45, 7) is 0.772. The van der Waals surface area contributed by atoms with E-state index < -0.39 is 0 Å². The third-order valence-corrected chi connectivity index (χ3v) is 4.89. The topological polar surface area (TPSA) is 86.5 Å². The van der Waals surface area contributed by atoms with Gasteiger partial charge in [0.2, 0.25) is 11.8 Å². The average molecular weight is 397 g/mol. The molecule has 0 fully saturated rings. The first-order valence-corrected chi connectivity index (χ1v) is 9.89. The Bertz CT molecular complexity index is 932. The first-order chi connectivity index (χ1) is 13.8. The Kier molecular flexibility index (Phi) is 5.77. The van der Waals surface area contributed by atoms with Crippen LogP contribution in [0.25, 0.3) is 0 Å². The highest BCUT2D eigenvalue weighted by Gasteiger charge is 2.21. The van der Waals surface area contributed by atoms with Crippen molar-refractivity contribution in [1.82, 2.24) is 15.5 Å². The first kappa shape index (κ1) is 18.4. The number of ether oxygens (including phenoxy) is 2. The average Bonchev–Trinajstić information content (AvgIpc) is 3.18. The van der Waals surface area contributed by atoms with Gasteiger partial charge >= 0.3 is 0 Å². The highest BCUT2D eigenvalue weighted by atomic mass is 32.2. The van der Waals surface area contributed by atoms with Gasteiger partial charge in [-0.1, -0.05) is 54.2 Å². The summed E-state index contributed by atoms with van der Waals surface area (Å²) in [7, 11) is 0. The van der Waals surface area contributed by atoms with E-state index in [1.807, 2.05) is 54.6 Å². The summed E-state index contributed by atoms with van der Waals surface area (Å²) < 4.78 is 17.0. The number of amides is 1. The Morgan fingerprint density at radius 1 is 1.07 bits per heavy atom. The molecular formula is C20H19N3O4S. The number of carbonyl (C=O) groups excluding carboxylic acids is 1. The van der Waals surface area contributed by atoms with Crippen LogP contribution in [0.2, 0.25) is 0 Å². The second-order valence-electron chi connectivity index (χ2n) is 6.21. The fraction of sp³-hybridized carbons (Fsp3) is 0.250. The first-order valence-electron chi connectivity index (χ1n) is 8.90. The Balaban J connectivity index is 1.20. The molecule has 8 heteroatoms. The number of nitrogens with one attached hydrogen (secondary N) is 1. The van der Waals surface area contributed by atoms with Gasteiger partial charge in [-0.25, -0.2) is 0 Å². The second kappa shape index (κ2) is 8.79. The molecule has 2 heterocycles. The molecular weight excluding hydrogens is 378 g/mol. The van der Waals surface area contributed by atoms with E-state index in [2.05, 4.69) is 15.5 Å².